The monoisotopic (exact) mass is 532 g/mol. The first kappa shape index (κ1) is 30.9. The molecule has 1 aliphatic rings. The lowest BCUT2D eigenvalue weighted by atomic mass is 10.1. The van der Waals surface area contributed by atoms with Crippen molar-refractivity contribution in [1.82, 2.24) is 20.9 Å². The van der Waals surface area contributed by atoms with Crippen molar-refractivity contribution in [3.63, 3.8) is 0 Å². The van der Waals surface area contributed by atoms with E-state index in [2.05, 4.69) is 16.0 Å². The maximum Gasteiger partial charge on any atom is 0.408 e. The number of unbranched alkanes of at least 4 members (excludes halogenated alkanes) is 1. The summed E-state index contributed by atoms with van der Waals surface area (Å²) in [6.45, 7) is 10.8. The molecule has 4 amide bonds. The maximum atomic E-state index is 13.5. The minimum absolute atomic E-state index is 0.168. The fraction of sp³-hybridized carbons (Fsp3) is 0.643. The fourth-order valence-corrected chi connectivity index (χ4v) is 4.07. The first-order chi connectivity index (χ1) is 18.0. The third kappa shape index (κ3) is 11.4. The smallest absolute Gasteiger partial charge is 0.408 e. The minimum Gasteiger partial charge on any atom is -0.445 e. The van der Waals surface area contributed by atoms with Gasteiger partial charge in [-0.25, -0.2) is 9.59 Å². The summed E-state index contributed by atoms with van der Waals surface area (Å²) in [4.78, 5) is 52.2. The molecule has 3 N–H and O–H groups in total. The molecule has 38 heavy (non-hydrogen) atoms. The van der Waals surface area contributed by atoms with E-state index in [0.29, 0.717) is 51.2 Å². The van der Waals surface area contributed by atoms with E-state index in [4.69, 9.17) is 9.47 Å². The quantitative estimate of drug-likeness (QED) is 0.352. The Morgan fingerprint density at radius 1 is 1.03 bits per heavy atom. The first-order valence-electron chi connectivity index (χ1n) is 13.5. The van der Waals surface area contributed by atoms with Gasteiger partial charge in [0.15, 0.2) is 0 Å². The van der Waals surface area contributed by atoms with Crippen LogP contribution >= 0.6 is 0 Å². The van der Waals surface area contributed by atoms with Crippen LogP contribution in [0.3, 0.4) is 0 Å². The SMILES string of the molecule is CC(C)CNC(=O)[C@@H]1CCCN1C(=O)[C@H](CCCCNC(=O)OCc1ccccc1)NC(=O)OC(C)(C)C. The standard InChI is InChI=1S/C28H44N4O6/c1-20(2)18-30-24(33)23-15-11-17-32(23)25(34)22(31-27(36)38-28(3,4)5)14-9-10-16-29-26(35)37-19-21-12-7-6-8-13-21/h6-8,12-13,20,22-23H,9-11,14-19H2,1-5H3,(H,29,35)(H,30,33)(H,31,36)/t22-,23-/m0/s1. The number of amides is 4. The Morgan fingerprint density at radius 3 is 2.39 bits per heavy atom. The van der Waals surface area contributed by atoms with Gasteiger partial charge in [-0.15, -0.1) is 0 Å². The molecule has 0 aliphatic carbocycles. The lowest BCUT2D eigenvalue weighted by Crippen LogP contribution is -2.54. The number of ether oxygens (including phenoxy) is 2. The van der Waals surface area contributed by atoms with Gasteiger partial charge in [0, 0.05) is 19.6 Å². The van der Waals surface area contributed by atoms with Gasteiger partial charge in [0.25, 0.3) is 0 Å². The number of hydrogen-bond acceptors (Lipinski definition) is 6. The summed E-state index contributed by atoms with van der Waals surface area (Å²) in [6.07, 6.45) is 1.60. The minimum atomic E-state index is -0.839. The van der Waals surface area contributed by atoms with Crippen LogP contribution in [0.1, 0.15) is 72.3 Å². The van der Waals surface area contributed by atoms with E-state index in [1.165, 1.54) is 0 Å². The molecular weight excluding hydrogens is 488 g/mol. The summed E-state index contributed by atoms with van der Waals surface area (Å²) in [5, 5.41) is 8.32. The zero-order valence-corrected chi connectivity index (χ0v) is 23.4. The molecular formula is C28H44N4O6. The van der Waals surface area contributed by atoms with Crippen LogP contribution in [0.25, 0.3) is 0 Å². The normalized spacial score (nSPS) is 16.1. The second kappa shape index (κ2) is 15.2. The number of likely N-dealkylation sites (tertiary alicyclic amines) is 1. The van der Waals surface area contributed by atoms with E-state index < -0.39 is 29.9 Å². The van der Waals surface area contributed by atoms with Crippen molar-refractivity contribution in [2.24, 2.45) is 5.92 Å². The number of rotatable bonds is 12. The predicted molar refractivity (Wildman–Crippen MR) is 144 cm³/mol. The van der Waals surface area contributed by atoms with Gasteiger partial charge < -0.3 is 30.3 Å². The van der Waals surface area contributed by atoms with Gasteiger partial charge in [0.1, 0.15) is 24.3 Å². The van der Waals surface area contributed by atoms with Gasteiger partial charge in [0.05, 0.1) is 0 Å². The van der Waals surface area contributed by atoms with Crippen LogP contribution in [0.2, 0.25) is 0 Å². The highest BCUT2D eigenvalue weighted by atomic mass is 16.6. The van der Waals surface area contributed by atoms with Gasteiger partial charge in [-0.05, 0) is 64.4 Å². The molecule has 1 aromatic carbocycles. The number of nitrogens with one attached hydrogen (secondary N) is 3. The molecule has 1 saturated heterocycles. The molecule has 1 aliphatic heterocycles. The summed E-state index contributed by atoms with van der Waals surface area (Å²) in [6, 6.07) is 8.01. The molecule has 212 valence electrons. The summed E-state index contributed by atoms with van der Waals surface area (Å²) >= 11 is 0. The number of alkyl carbamates (subject to hydrolysis) is 2. The topological polar surface area (TPSA) is 126 Å². The molecule has 2 atom stereocenters. The average molecular weight is 533 g/mol. The average Bonchev–Trinajstić information content (AvgIpc) is 3.34. The van der Waals surface area contributed by atoms with Crippen LogP contribution in [-0.4, -0.2) is 66.2 Å². The molecule has 1 heterocycles. The zero-order chi connectivity index (χ0) is 28.1. The molecule has 0 unspecified atom stereocenters. The third-order valence-corrected chi connectivity index (χ3v) is 5.91. The maximum absolute atomic E-state index is 13.5. The Balaban J connectivity index is 1.89. The van der Waals surface area contributed by atoms with Crippen LogP contribution in [-0.2, 0) is 25.7 Å². The number of hydrogen-bond donors (Lipinski definition) is 3. The Morgan fingerprint density at radius 2 is 1.74 bits per heavy atom. The van der Waals surface area contributed by atoms with Crippen molar-refractivity contribution in [3.05, 3.63) is 35.9 Å². The van der Waals surface area contributed by atoms with Crippen LogP contribution < -0.4 is 16.0 Å². The van der Waals surface area contributed by atoms with Gasteiger partial charge in [-0.2, -0.15) is 0 Å². The summed E-state index contributed by atoms with van der Waals surface area (Å²) in [5.41, 5.74) is 0.185. The van der Waals surface area contributed by atoms with Gasteiger partial charge >= 0.3 is 12.2 Å². The lowest BCUT2D eigenvalue weighted by molar-refractivity contribution is -0.140. The van der Waals surface area contributed by atoms with Gasteiger partial charge in [-0.1, -0.05) is 44.2 Å². The van der Waals surface area contributed by atoms with Gasteiger partial charge in [0.2, 0.25) is 11.8 Å². The van der Waals surface area contributed by atoms with Crippen molar-refractivity contribution >= 4 is 24.0 Å². The first-order valence-corrected chi connectivity index (χ1v) is 13.5. The van der Waals surface area contributed by atoms with Crippen LogP contribution in [0.5, 0.6) is 0 Å². The molecule has 0 aromatic heterocycles. The largest absolute Gasteiger partial charge is 0.445 e. The van der Waals surface area contributed by atoms with E-state index in [1.807, 2.05) is 44.2 Å². The molecule has 1 aromatic rings. The molecule has 0 radical (unpaired) electrons. The Kier molecular flexibility index (Phi) is 12.4. The number of carbonyl (C=O) groups is 4. The fourth-order valence-electron chi connectivity index (χ4n) is 4.07. The van der Waals surface area contributed by atoms with Crippen LogP contribution in [0, 0.1) is 5.92 Å². The van der Waals surface area contributed by atoms with Gasteiger partial charge in [-0.3, -0.25) is 9.59 Å². The van der Waals surface area contributed by atoms with Crippen molar-refractivity contribution in [3.8, 4) is 0 Å². The number of nitrogens with zero attached hydrogens (tertiary/aromatic N) is 1. The molecule has 0 bridgehead atoms. The van der Waals surface area contributed by atoms with Crippen molar-refractivity contribution in [1.29, 1.82) is 0 Å². The highest BCUT2D eigenvalue weighted by Crippen LogP contribution is 2.20. The summed E-state index contributed by atoms with van der Waals surface area (Å²) in [5.74, 6) is -0.164. The Hall–Kier alpha value is -3.30. The Bertz CT molecular complexity index is 916. The molecule has 2 rings (SSSR count). The zero-order valence-electron chi connectivity index (χ0n) is 23.4. The van der Waals surface area contributed by atoms with E-state index >= 15 is 0 Å². The third-order valence-electron chi connectivity index (χ3n) is 5.91. The molecule has 0 saturated carbocycles. The number of carbonyl (C=O) groups excluding carboxylic acids is 4. The predicted octanol–water partition coefficient (Wildman–Crippen LogP) is 3.74. The van der Waals surface area contributed by atoms with Crippen LogP contribution in [0.15, 0.2) is 30.3 Å². The van der Waals surface area contributed by atoms with Crippen molar-refractivity contribution in [2.75, 3.05) is 19.6 Å². The Labute approximate surface area is 226 Å². The highest BCUT2D eigenvalue weighted by molar-refractivity contribution is 5.91. The molecule has 10 nitrogen and oxygen atoms in total. The molecule has 0 spiro atoms. The van der Waals surface area contributed by atoms with E-state index in [-0.39, 0.29) is 18.4 Å². The number of benzene rings is 1. The lowest BCUT2D eigenvalue weighted by Gasteiger charge is -2.29. The second-order valence-electron chi connectivity index (χ2n) is 11.0. The second-order valence-corrected chi connectivity index (χ2v) is 11.0. The van der Waals surface area contributed by atoms with Crippen molar-refractivity contribution in [2.45, 2.75) is 91.0 Å². The van der Waals surface area contributed by atoms with Crippen molar-refractivity contribution < 1.29 is 28.7 Å². The van der Waals surface area contributed by atoms with E-state index in [9.17, 15) is 19.2 Å². The summed E-state index contributed by atoms with van der Waals surface area (Å²) in [7, 11) is 0. The van der Waals surface area contributed by atoms with E-state index in [0.717, 1.165) is 12.0 Å². The van der Waals surface area contributed by atoms with Crippen LogP contribution in [0.4, 0.5) is 9.59 Å². The highest BCUT2D eigenvalue weighted by Gasteiger charge is 2.37. The van der Waals surface area contributed by atoms with E-state index in [1.54, 1.807) is 25.7 Å². The summed E-state index contributed by atoms with van der Waals surface area (Å²) < 4.78 is 10.6. The molecule has 10 heteroatoms. The molecule has 1 fully saturated rings.